The van der Waals surface area contributed by atoms with Crippen molar-refractivity contribution >= 4 is 40.0 Å². The van der Waals surface area contributed by atoms with Crippen molar-refractivity contribution in [2.45, 2.75) is 12.7 Å². The number of urea groups is 1. The van der Waals surface area contributed by atoms with E-state index in [0.29, 0.717) is 17.1 Å². The molecule has 0 spiro atoms. The summed E-state index contributed by atoms with van der Waals surface area (Å²) in [7, 11) is 0. The van der Waals surface area contributed by atoms with Crippen LogP contribution in [0.1, 0.15) is 5.82 Å². The van der Waals surface area contributed by atoms with Crippen LogP contribution in [0.4, 0.5) is 35.0 Å². The summed E-state index contributed by atoms with van der Waals surface area (Å²) < 4.78 is 41.1. The van der Waals surface area contributed by atoms with Gasteiger partial charge in [0.25, 0.3) is 0 Å². The molecule has 3 amide bonds. The predicted molar refractivity (Wildman–Crippen MR) is 119 cm³/mol. The Balaban J connectivity index is 1.46. The summed E-state index contributed by atoms with van der Waals surface area (Å²) in [5.74, 6) is -1.82. The third-order valence-corrected chi connectivity index (χ3v) is 4.65. The van der Waals surface area contributed by atoms with Crippen LogP contribution in [-0.4, -0.2) is 21.5 Å². The molecule has 0 radical (unpaired) electrons. The highest BCUT2D eigenvalue weighted by Gasteiger charge is 2.38. The summed E-state index contributed by atoms with van der Waals surface area (Å²) in [6, 6.07) is 20.7. The molecule has 4 aromatic rings. The van der Waals surface area contributed by atoms with Crippen molar-refractivity contribution in [2.75, 3.05) is 16.0 Å². The largest absolute Gasteiger partial charge is 0.449 e. The quantitative estimate of drug-likeness (QED) is 0.381. The lowest BCUT2D eigenvalue weighted by Crippen LogP contribution is -2.23. The van der Waals surface area contributed by atoms with E-state index < -0.39 is 30.5 Å². The average molecular weight is 453 g/mol. The maximum Gasteiger partial charge on any atom is 0.449 e. The highest BCUT2D eigenvalue weighted by molar-refractivity contribution is 6.00. The fourth-order valence-corrected chi connectivity index (χ4v) is 3.29. The van der Waals surface area contributed by atoms with E-state index in [1.54, 1.807) is 54.6 Å². The van der Waals surface area contributed by atoms with E-state index in [0.717, 1.165) is 4.57 Å². The molecule has 0 aliphatic heterocycles. The Morgan fingerprint density at radius 3 is 2.12 bits per heavy atom. The number of fused-ring (bicyclic) bond motifs is 1. The fourth-order valence-electron chi connectivity index (χ4n) is 3.29. The third-order valence-electron chi connectivity index (χ3n) is 4.65. The van der Waals surface area contributed by atoms with Crippen molar-refractivity contribution in [3.8, 4) is 0 Å². The minimum absolute atomic E-state index is 0.147. The molecule has 0 atom stereocenters. The molecule has 3 aromatic carbocycles. The van der Waals surface area contributed by atoms with Gasteiger partial charge in [-0.1, -0.05) is 36.4 Å². The first kappa shape index (κ1) is 21.9. The second-order valence-electron chi connectivity index (χ2n) is 7.08. The summed E-state index contributed by atoms with van der Waals surface area (Å²) in [6.07, 6.45) is -4.71. The third kappa shape index (κ3) is 5.29. The lowest BCUT2D eigenvalue weighted by atomic mass is 10.2. The van der Waals surface area contributed by atoms with Gasteiger partial charge in [0, 0.05) is 17.1 Å². The molecule has 33 heavy (non-hydrogen) atoms. The minimum Gasteiger partial charge on any atom is -0.324 e. The summed E-state index contributed by atoms with van der Waals surface area (Å²) in [4.78, 5) is 28.3. The SMILES string of the molecule is O=C(Cn1c(C(F)(F)F)nc2ccccc21)Nc1cccc(NC(=O)Nc2ccccc2)c1. The van der Waals surface area contributed by atoms with Crippen LogP contribution in [-0.2, 0) is 17.5 Å². The van der Waals surface area contributed by atoms with Crippen molar-refractivity contribution in [3.05, 3.63) is 84.7 Å². The second kappa shape index (κ2) is 9.03. The maximum absolute atomic E-state index is 13.4. The summed E-state index contributed by atoms with van der Waals surface area (Å²) >= 11 is 0. The van der Waals surface area contributed by atoms with Crippen LogP contribution in [0, 0.1) is 0 Å². The Hall–Kier alpha value is -4.34. The van der Waals surface area contributed by atoms with Gasteiger partial charge in [-0.25, -0.2) is 9.78 Å². The minimum atomic E-state index is -4.71. The molecule has 0 saturated heterocycles. The molecule has 1 heterocycles. The molecule has 0 aliphatic carbocycles. The Morgan fingerprint density at radius 2 is 1.39 bits per heavy atom. The van der Waals surface area contributed by atoms with Crippen molar-refractivity contribution in [1.29, 1.82) is 0 Å². The molecule has 1 aromatic heterocycles. The Labute approximate surface area is 186 Å². The number of nitrogens with zero attached hydrogens (tertiary/aromatic N) is 2. The summed E-state index contributed by atoms with van der Waals surface area (Å²) in [5, 5.41) is 7.86. The molecule has 7 nitrogen and oxygen atoms in total. The number of para-hydroxylation sites is 3. The highest BCUT2D eigenvalue weighted by atomic mass is 19.4. The van der Waals surface area contributed by atoms with E-state index in [4.69, 9.17) is 0 Å². The van der Waals surface area contributed by atoms with E-state index in [1.165, 1.54) is 18.2 Å². The van der Waals surface area contributed by atoms with Gasteiger partial charge >= 0.3 is 12.2 Å². The smallest absolute Gasteiger partial charge is 0.324 e. The van der Waals surface area contributed by atoms with E-state index in [9.17, 15) is 22.8 Å². The number of amides is 3. The van der Waals surface area contributed by atoms with Gasteiger partial charge in [0.05, 0.1) is 11.0 Å². The first-order chi connectivity index (χ1) is 15.8. The number of hydrogen-bond acceptors (Lipinski definition) is 3. The number of imidazole rings is 1. The molecule has 0 unspecified atom stereocenters. The van der Waals surface area contributed by atoms with E-state index >= 15 is 0 Å². The molecule has 0 fully saturated rings. The number of carbonyl (C=O) groups is 2. The van der Waals surface area contributed by atoms with Crippen molar-refractivity contribution < 1.29 is 22.8 Å². The van der Waals surface area contributed by atoms with Gasteiger partial charge < -0.3 is 20.5 Å². The Bertz CT molecular complexity index is 1300. The van der Waals surface area contributed by atoms with E-state index in [-0.39, 0.29) is 11.0 Å². The van der Waals surface area contributed by atoms with Crippen molar-refractivity contribution in [3.63, 3.8) is 0 Å². The van der Waals surface area contributed by atoms with E-state index in [2.05, 4.69) is 20.9 Å². The summed E-state index contributed by atoms with van der Waals surface area (Å²) in [5.41, 5.74) is 1.66. The van der Waals surface area contributed by atoms with Crippen LogP contribution >= 0.6 is 0 Å². The standard InChI is InChI=1S/C23H18F3N5O2/c24-23(25,26)21-30-18-11-4-5-12-19(18)31(21)14-20(32)27-16-9-6-10-17(13-16)29-22(33)28-15-7-2-1-3-8-15/h1-13H,14H2,(H,27,32)(H2,28,29,33). The number of benzene rings is 3. The van der Waals surface area contributed by atoms with Crippen LogP contribution in [0.2, 0.25) is 0 Å². The van der Waals surface area contributed by atoms with Gasteiger partial charge in [0.2, 0.25) is 11.7 Å². The zero-order valence-electron chi connectivity index (χ0n) is 17.1. The second-order valence-corrected chi connectivity index (χ2v) is 7.08. The van der Waals surface area contributed by atoms with Crippen LogP contribution < -0.4 is 16.0 Å². The molecule has 10 heteroatoms. The number of hydrogen-bond donors (Lipinski definition) is 3. The van der Waals surface area contributed by atoms with Gasteiger partial charge in [-0.15, -0.1) is 0 Å². The Kier molecular flexibility index (Phi) is 5.99. The van der Waals surface area contributed by atoms with Gasteiger partial charge in [-0.05, 0) is 42.5 Å². The molecule has 0 aliphatic rings. The van der Waals surface area contributed by atoms with Gasteiger partial charge in [-0.2, -0.15) is 13.2 Å². The normalized spacial score (nSPS) is 11.2. The zero-order chi connectivity index (χ0) is 23.4. The van der Waals surface area contributed by atoms with Gasteiger partial charge in [0.15, 0.2) is 0 Å². The predicted octanol–water partition coefficient (Wildman–Crippen LogP) is 5.34. The number of carbonyl (C=O) groups excluding carboxylic acids is 2. The molecule has 168 valence electrons. The van der Waals surface area contributed by atoms with Crippen LogP contribution in [0.15, 0.2) is 78.9 Å². The Morgan fingerprint density at radius 1 is 0.788 bits per heavy atom. The van der Waals surface area contributed by atoms with Crippen LogP contribution in [0.5, 0.6) is 0 Å². The number of alkyl halides is 3. The monoisotopic (exact) mass is 453 g/mol. The number of aromatic nitrogens is 2. The first-order valence-corrected chi connectivity index (χ1v) is 9.85. The number of halogens is 3. The molecule has 0 bridgehead atoms. The van der Waals surface area contributed by atoms with Crippen molar-refractivity contribution in [2.24, 2.45) is 0 Å². The zero-order valence-corrected chi connectivity index (χ0v) is 17.1. The highest BCUT2D eigenvalue weighted by Crippen LogP contribution is 2.31. The van der Waals surface area contributed by atoms with Gasteiger partial charge in [-0.3, -0.25) is 4.79 Å². The van der Waals surface area contributed by atoms with Crippen LogP contribution in [0.3, 0.4) is 0 Å². The molecule has 4 rings (SSSR count). The topological polar surface area (TPSA) is 88.1 Å². The van der Waals surface area contributed by atoms with E-state index in [1.807, 2.05) is 6.07 Å². The fraction of sp³-hybridized carbons (Fsp3) is 0.0870. The van der Waals surface area contributed by atoms with Crippen LogP contribution in [0.25, 0.3) is 11.0 Å². The summed E-state index contributed by atoms with van der Waals surface area (Å²) in [6.45, 7) is -0.582. The molecular formula is C23H18F3N5O2. The molecule has 0 saturated carbocycles. The average Bonchev–Trinajstić information content (AvgIpc) is 3.13. The number of anilines is 3. The van der Waals surface area contributed by atoms with Gasteiger partial charge in [0.1, 0.15) is 6.54 Å². The number of nitrogens with one attached hydrogen (secondary N) is 3. The first-order valence-electron chi connectivity index (χ1n) is 9.85. The maximum atomic E-state index is 13.4. The lowest BCUT2D eigenvalue weighted by Gasteiger charge is -2.13. The lowest BCUT2D eigenvalue weighted by molar-refractivity contribution is -0.147. The molecular weight excluding hydrogens is 435 g/mol. The van der Waals surface area contributed by atoms with Crippen molar-refractivity contribution in [1.82, 2.24) is 9.55 Å². The number of rotatable bonds is 5. The molecule has 3 N–H and O–H groups in total.